The Hall–Kier alpha value is -0.690. The van der Waals surface area contributed by atoms with Gasteiger partial charge in [-0.3, -0.25) is 0 Å². The van der Waals surface area contributed by atoms with Crippen molar-refractivity contribution in [2.45, 2.75) is 19.8 Å². The number of hydrogen-bond acceptors (Lipinski definition) is 1. The van der Waals surface area contributed by atoms with Crippen LogP contribution in [-0.2, 0) is 6.42 Å². The van der Waals surface area contributed by atoms with Gasteiger partial charge in [0, 0.05) is 10.7 Å². The highest BCUT2D eigenvalue weighted by Gasteiger charge is 2.07. The summed E-state index contributed by atoms with van der Waals surface area (Å²) in [7, 11) is 0. The maximum absolute atomic E-state index is 2.35. The van der Waals surface area contributed by atoms with Gasteiger partial charge in [0.1, 0.15) is 0 Å². The van der Waals surface area contributed by atoms with Crippen molar-refractivity contribution in [3.05, 3.63) is 41.5 Å². The first-order chi connectivity index (χ1) is 6.40. The summed E-state index contributed by atoms with van der Waals surface area (Å²) in [6.07, 6.45) is 4.71. The molecule has 1 heterocycles. The first-order valence-corrected chi connectivity index (χ1v) is 5.81. The summed E-state index contributed by atoms with van der Waals surface area (Å²) in [6.45, 7) is 2.20. The maximum atomic E-state index is 2.35. The van der Waals surface area contributed by atoms with Crippen molar-refractivity contribution in [1.82, 2.24) is 0 Å². The van der Waals surface area contributed by atoms with Crippen LogP contribution in [0.2, 0.25) is 0 Å². The van der Waals surface area contributed by atoms with Gasteiger partial charge < -0.3 is 0 Å². The molecular weight excluding hydrogens is 176 g/mol. The molecule has 1 aromatic rings. The largest absolute Gasteiger partial charge is 0.126 e. The van der Waals surface area contributed by atoms with E-state index in [9.17, 15) is 0 Å². The van der Waals surface area contributed by atoms with Crippen molar-refractivity contribution in [3.8, 4) is 0 Å². The van der Waals surface area contributed by atoms with E-state index in [4.69, 9.17) is 0 Å². The van der Waals surface area contributed by atoms with Crippen LogP contribution >= 0.6 is 11.8 Å². The van der Waals surface area contributed by atoms with Crippen LogP contribution in [0.15, 0.2) is 30.3 Å². The fourth-order valence-electron chi connectivity index (χ4n) is 1.56. The molecule has 1 heteroatoms. The summed E-state index contributed by atoms with van der Waals surface area (Å²) >= 11 is 1.98. The van der Waals surface area contributed by atoms with Crippen molar-refractivity contribution in [3.63, 3.8) is 0 Å². The minimum atomic E-state index is 1.13. The molecular formula is C12H14S. The van der Waals surface area contributed by atoms with Crippen LogP contribution in [0.3, 0.4) is 0 Å². The van der Waals surface area contributed by atoms with Crippen molar-refractivity contribution in [2.24, 2.45) is 0 Å². The van der Waals surface area contributed by atoms with Crippen molar-refractivity contribution in [1.29, 1.82) is 0 Å². The van der Waals surface area contributed by atoms with Crippen molar-refractivity contribution >= 4 is 16.7 Å². The van der Waals surface area contributed by atoms with Crippen molar-refractivity contribution < 1.29 is 0 Å². The Balaban J connectivity index is 2.29. The molecule has 2 rings (SSSR count). The average molecular weight is 190 g/mol. The van der Waals surface area contributed by atoms with Crippen LogP contribution in [0.4, 0.5) is 0 Å². The Kier molecular flexibility index (Phi) is 2.74. The molecule has 1 aliphatic heterocycles. The molecule has 1 aliphatic rings. The predicted octanol–water partition coefficient (Wildman–Crippen LogP) is 3.73. The Morgan fingerprint density at radius 3 is 3.00 bits per heavy atom. The van der Waals surface area contributed by atoms with E-state index in [1.807, 2.05) is 11.8 Å². The minimum absolute atomic E-state index is 1.13. The predicted molar refractivity (Wildman–Crippen MR) is 60.9 cm³/mol. The molecule has 0 spiro atoms. The molecule has 13 heavy (non-hydrogen) atoms. The second-order valence-corrected chi connectivity index (χ2v) is 4.40. The van der Waals surface area contributed by atoms with Crippen LogP contribution in [0.1, 0.15) is 24.5 Å². The van der Waals surface area contributed by atoms with Gasteiger partial charge in [0.15, 0.2) is 0 Å². The third-order valence-electron chi connectivity index (χ3n) is 2.32. The van der Waals surface area contributed by atoms with E-state index in [0.717, 1.165) is 6.42 Å². The fourth-order valence-corrected chi connectivity index (χ4v) is 2.55. The van der Waals surface area contributed by atoms with Gasteiger partial charge in [-0.1, -0.05) is 37.3 Å². The Labute approximate surface area is 84.0 Å². The van der Waals surface area contributed by atoms with E-state index in [0.29, 0.717) is 0 Å². The van der Waals surface area contributed by atoms with E-state index in [-0.39, 0.29) is 0 Å². The highest BCUT2D eigenvalue weighted by Crippen LogP contribution is 2.33. The van der Waals surface area contributed by atoms with Gasteiger partial charge in [0.2, 0.25) is 0 Å². The lowest BCUT2D eigenvalue weighted by atomic mass is 10.1. The monoisotopic (exact) mass is 190 g/mol. The molecule has 0 saturated carbocycles. The Morgan fingerprint density at radius 1 is 1.38 bits per heavy atom. The van der Waals surface area contributed by atoms with E-state index in [1.165, 1.54) is 28.2 Å². The van der Waals surface area contributed by atoms with Gasteiger partial charge in [-0.25, -0.2) is 0 Å². The zero-order valence-corrected chi connectivity index (χ0v) is 8.73. The smallest absolute Gasteiger partial charge is 0.0105 e. The summed E-state index contributed by atoms with van der Waals surface area (Å²) in [6, 6.07) is 8.88. The SMILES string of the molecule is CCc1cccc(C2=CCCS2)c1. The molecule has 0 atom stereocenters. The lowest BCUT2D eigenvalue weighted by molar-refractivity contribution is 1.14. The summed E-state index contributed by atoms with van der Waals surface area (Å²) in [5.74, 6) is 1.26. The van der Waals surface area contributed by atoms with Gasteiger partial charge in [-0.15, -0.1) is 11.8 Å². The zero-order valence-electron chi connectivity index (χ0n) is 7.92. The molecule has 0 amide bonds. The van der Waals surface area contributed by atoms with Crippen LogP contribution < -0.4 is 0 Å². The molecule has 0 nitrogen and oxygen atoms in total. The van der Waals surface area contributed by atoms with E-state index in [2.05, 4.69) is 37.3 Å². The first kappa shape index (κ1) is 8.89. The molecule has 0 radical (unpaired) electrons. The van der Waals surface area contributed by atoms with Gasteiger partial charge in [-0.05, 0) is 24.0 Å². The minimum Gasteiger partial charge on any atom is -0.126 e. The molecule has 0 N–H and O–H groups in total. The summed E-state index contributed by atoms with van der Waals surface area (Å²) in [5, 5.41) is 0. The number of allylic oxidation sites excluding steroid dienone is 1. The quantitative estimate of drug-likeness (QED) is 0.684. The number of rotatable bonds is 2. The summed E-state index contributed by atoms with van der Waals surface area (Å²) in [4.78, 5) is 1.47. The van der Waals surface area contributed by atoms with Gasteiger partial charge in [0.25, 0.3) is 0 Å². The van der Waals surface area contributed by atoms with E-state index >= 15 is 0 Å². The summed E-state index contributed by atoms with van der Waals surface area (Å²) in [5.41, 5.74) is 2.84. The Morgan fingerprint density at radius 2 is 2.31 bits per heavy atom. The zero-order chi connectivity index (χ0) is 9.10. The van der Waals surface area contributed by atoms with Crippen molar-refractivity contribution in [2.75, 3.05) is 5.75 Å². The van der Waals surface area contributed by atoms with Crippen LogP contribution in [-0.4, -0.2) is 5.75 Å². The molecule has 0 fully saturated rings. The second-order valence-electron chi connectivity index (χ2n) is 3.26. The summed E-state index contributed by atoms with van der Waals surface area (Å²) < 4.78 is 0. The average Bonchev–Trinajstić information content (AvgIpc) is 2.71. The fraction of sp³-hybridized carbons (Fsp3) is 0.333. The number of benzene rings is 1. The molecule has 1 aromatic carbocycles. The van der Waals surface area contributed by atoms with E-state index in [1.54, 1.807) is 0 Å². The van der Waals surface area contributed by atoms with Crippen LogP contribution in [0.25, 0.3) is 4.91 Å². The van der Waals surface area contributed by atoms with Gasteiger partial charge >= 0.3 is 0 Å². The third kappa shape index (κ3) is 1.97. The lowest BCUT2D eigenvalue weighted by Gasteiger charge is -2.03. The molecule has 0 aliphatic carbocycles. The highest BCUT2D eigenvalue weighted by molar-refractivity contribution is 8.08. The standard InChI is InChI=1S/C12H14S/c1-2-10-5-3-6-11(9-10)12-7-4-8-13-12/h3,5-7,9H,2,4,8H2,1H3. The second kappa shape index (κ2) is 4.01. The molecule has 68 valence electrons. The number of aryl methyl sites for hydroxylation is 1. The first-order valence-electron chi connectivity index (χ1n) is 4.82. The number of hydrogen-bond donors (Lipinski definition) is 0. The molecule has 0 saturated heterocycles. The third-order valence-corrected chi connectivity index (χ3v) is 3.48. The Bertz CT molecular complexity index is 326. The highest BCUT2D eigenvalue weighted by atomic mass is 32.2. The molecule has 0 unspecified atom stereocenters. The van der Waals surface area contributed by atoms with Crippen LogP contribution in [0, 0.1) is 0 Å². The van der Waals surface area contributed by atoms with Crippen LogP contribution in [0.5, 0.6) is 0 Å². The number of thioether (sulfide) groups is 1. The molecule has 0 aromatic heterocycles. The topological polar surface area (TPSA) is 0 Å². The van der Waals surface area contributed by atoms with E-state index < -0.39 is 0 Å². The maximum Gasteiger partial charge on any atom is 0.0105 e. The normalized spacial score (nSPS) is 15.9. The lowest BCUT2D eigenvalue weighted by Crippen LogP contribution is -1.82. The van der Waals surface area contributed by atoms with Gasteiger partial charge in [-0.2, -0.15) is 0 Å². The molecule has 0 bridgehead atoms. The van der Waals surface area contributed by atoms with Gasteiger partial charge in [0.05, 0.1) is 0 Å².